The van der Waals surface area contributed by atoms with Crippen LogP contribution in [0, 0.1) is 0 Å². The maximum Gasteiger partial charge on any atom is 0.119 e. The highest BCUT2D eigenvalue weighted by atomic mass is 16.5. The number of nitrogens with zero attached hydrogens (tertiary/aromatic N) is 2. The molecule has 1 aromatic heterocycles. The van der Waals surface area contributed by atoms with Crippen molar-refractivity contribution in [3.63, 3.8) is 0 Å². The van der Waals surface area contributed by atoms with Crippen LogP contribution < -0.4 is 4.74 Å². The molecule has 96 valence electrons. The SMILES string of the molecule is CCc1cc(CC)n(Cc2cccc(OC)c2)n1. The number of ether oxygens (including phenoxy) is 1. The van der Waals surface area contributed by atoms with Gasteiger partial charge < -0.3 is 4.74 Å². The first-order valence-corrected chi connectivity index (χ1v) is 6.45. The zero-order chi connectivity index (χ0) is 13.0. The Hall–Kier alpha value is -1.77. The van der Waals surface area contributed by atoms with Gasteiger partial charge >= 0.3 is 0 Å². The van der Waals surface area contributed by atoms with Crippen LogP contribution in [-0.4, -0.2) is 16.9 Å². The van der Waals surface area contributed by atoms with Crippen molar-refractivity contribution >= 4 is 0 Å². The molecule has 18 heavy (non-hydrogen) atoms. The summed E-state index contributed by atoms with van der Waals surface area (Å²) < 4.78 is 7.34. The molecule has 0 bridgehead atoms. The lowest BCUT2D eigenvalue weighted by molar-refractivity contribution is 0.414. The predicted octanol–water partition coefficient (Wildman–Crippen LogP) is 3.06. The van der Waals surface area contributed by atoms with E-state index in [0.29, 0.717) is 0 Å². The zero-order valence-corrected chi connectivity index (χ0v) is 11.3. The van der Waals surface area contributed by atoms with Gasteiger partial charge in [-0.15, -0.1) is 0 Å². The van der Waals surface area contributed by atoms with Crippen molar-refractivity contribution in [1.82, 2.24) is 9.78 Å². The van der Waals surface area contributed by atoms with Gasteiger partial charge in [0.15, 0.2) is 0 Å². The summed E-state index contributed by atoms with van der Waals surface area (Å²) >= 11 is 0. The fourth-order valence-corrected chi connectivity index (χ4v) is 2.05. The monoisotopic (exact) mass is 244 g/mol. The van der Waals surface area contributed by atoms with Crippen LogP contribution in [0.25, 0.3) is 0 Å². The molecule has 2 aromatic rings. The van der Waals surface area contributed by atoms with Crippen LogP contribution >= 0.6 is 0 Å². The molecule has 0 radical (unpaired) electrons. The molecule has 0 aliphatic carbocycles. The smallest absolute Gasteiger partial charge is 0.119 e. The van der Waals surface area contributed by atoms with E-state index in [2.05, 4.69) is 41.8 Å². The lowest BCUT2D eigenvalue weighted by Gasteiger charge is -2.07. The minimum absolute atomic E-state index is 0.806. The fraction of sp³-hybridized carbons (Fsp3) is 0.400. The van der Waals surface area contributed by atoms with Crippen molar-refractivity contribution in [1.29, 1.82) is 0 Å². The second kappa shape index (κ2) is 5.71. The summed E-state index contributed by atoms with van der Waals surface area (Å²) in [4.78, 5) is 0. The first-order chi connectivity index (χ1) is 8.76. The predicted molar refractivity (Wildman–Crippen MR) is 73.1 cm³/mol. The Bertz CT molecular complexity index is 517. The molecule has 0 aliphatic rings. The summed E-state index contributed by atoms with van der Waals surface area (Å²) in [5.41, 5.74) is 3.67. The Morgan fingerprint density at radius 1 is 1.17 bits per heavy atom. The molecule has 1 heterocycles. The summed E-state index contributed by atoms with van der Waals surface area (Å²) in [6.07, 6.45) is 2.00. The molecular weight excluding hydrogens is 224 g/mol. The first-order valence-electron chi connectivity index (χ1n) is 6.45. The molecule has 0 fully saturated rings. The van der Waals surface area contributed by atoms with Crippen LogP contribution in [-0.2, 0) is 19.4 Å². The van der Waals surface area contributed by atoms with Gasteiger partial charge in [-0.1, -0.05) is 26.0 Å². The average Bonchev–Trinajstić information content (AvgIpc) is 2.81. The van der Waals surface area contributed by atoms with Gasteiger partial charge in [-0.25, -0.2) is 0 Å². The minimum Gasteiger partial charge on any atom is -0.497 e. The maximum absolute atomic E-state index is 5.25. The standard InChI is InChI=1S/C15H20N2O/c1-4-13-10-14(5-2)17(16-13)11-12-7-6-8-15(9-12)18-3/h6-10H,4-5,11H2,1-3H3. The van der Waals surface area contributed by atoms with E-state index in [1.165, 1.54) is 11.3 Å². The van der Waals surface area contributed by atoms with E-state index in [1.807, 2.05) is 12.1 Å². The van der Waals surface area contributed by atoms with Crippen LogP contribution in [0.2, 0.25) is 0 Å². The Kier molecular flexibility index (Phi) is 4.03. The zero-order valence-electron chi connectivity index (χ0n) is 11.3. The molecule has 0 spiro atoms. The summed E-state index contributed by atoms with van der Waals surface area (Å²) in [7, 11) is 1.69. The van der Waals surface area contributed by atoms with E-state index < -0.39 is 0 Å². The highest BCUT2D eigenvalue weighted by Gasteiger charge is 2.06. The van der Waals surface area contributed by atoms with Crippen LogP contribution in [0.15, 0.2) is 30.3 Å². The van der Waals surface area contributed by atoms with Crippen molar-refractivity contribution in [3.05, 3.63) is 47.3 Å². The molecule has 0 atom stereocenters. The van der Waals surface area contributed by atoms with Crippen LogP contribution in [0.4, 0.5) is 0 Å². The molecule has 1 aromatic carbocycles. The summed E-state index contributed by atoms with van der Waals surface area (Å²) in [5.74, 6) is 0.897. The second-order valence-corrected chi connectivity index (χ2v) is 4.34. The van der Waals surface area contributed by atoms with Gasteiger partial charge in [-0.3, -0.25) is 4.68 Å². The molecule has 3 nitrogen and oxygen atoms in total. The molecule has 0 aliphatic heterocycles. The summed E-state index contributed by atoms with van der Waals surface area (Å²) in [6.45, 7) is 5.11. The highest BCUT2D eigenvalue weighted by Crippen LogP contribution is 2.15. The Morgan fingerprint density at radius 2 is 2.00 bits per heavy atom. The third-order valence-corrected chi connectivity index (χ3v) is 3.10. The Balaban J connectivity index is 2.24. The molecule has 0 amide bonds. The maximum atomic E-state index is 5.25. The molecule has 0 unspecified atom stereocenters. The number of hydrogen-bond acceptors (Lipinski definition) is 2. The molecular formula is C15H20N2O. The third kappa shape index (κ3) is 2.73. The average molecular weight is 244 g/mol. The van der Waals surface area contributed by atoms with Crippen LogP contribution in [0.1, 0.15) is 30.8 Å². The number of aromatic nitrogens is 2. The highest BCUT2D eigenvalue weighted by molar-refractivity contribution is 5.28. The van der Waals surface area contributed by atoms with E-state index in [9.17, 15) is 0 Å². The van der Waals surface area contributed by atoms with Crippen molar-refractivity contribution < 1.29 is 4.74 Å². The van der Waals surface area contributed by atoms with Gasteiger partial charge in [0.25, 0.3) is 0 Å². The van der Waals surface area contributed by atoms with E-state index in [4.69, 9.17) is 4.74 Å². The van der Waals surface area contributed by atoms with E-state index >= 15 is 0 Å². The van der Waals surface area contributed by atoms with Gasteiger partial charge in [0.2, 0.25) is 0 Å². The van der Waals surface area contributed by atoms with E-state index in [1.54, 1.807) is 7.11 Å². The second-order valence-electron chi connectivity index (χ2n) is 4.34. The molecule has 0 saturated carbocycles. The molecule has 3 heteroatoms. The van der Waals surface area contributed by atoms with Crippen molar-refractivity contribution in [2.45, 2.75) is 33.2 Å². The van der Waals surface area contributed by atoms with E-state index in [0.717, 1.165) is 30.8 Å². The molecule has 2 rings (SSSR count). The van der Waals surface area contributed by atoms with Gasteiger partial charge in [0.05, 0.1) is 19.3 Å². The number of aryl methyl sites for hydroxylation is 2. The third-order valence-electron chi connectivity index (χ3n) is 3.10. The fourth-order valence-electron chi connectivity index (χ4n) is 2.05. The van der Waals surface area contributed by atoms with Gasteiger partial charge in [0.1, 0.15) is 5.75 Å². The van der Waals surface area contributed by atoms with E-state index in [-0.39, 0.29) is 0 Å². The van der Waals surface area contributed by atoms with Crippen molar-refractivity contribution in [2.75, 3.05) is 7.11 Å². The molecule has 0 saturated heterocycles. The largest absolute Gasteiger partial charge is 0.497 e. The Labute approximate surface area is 108 Å². The van der Waals surface area contributed by atoms with Gasteiger partial charge in [-0.05, 0) is 36.6 Å². The number of hydrogen-bond donors (Lipinski definition) is 0. The van der Waals surface area contributed by atoms with Crippen molar-refractivity contribution in [2.24, 2.45) is 0 Å². The number of benzene rings is 1. The summed E-state index contributed by atoms with van der Waals surface area (Å²) in [6, 6.07) is 10.3. The number of rotatable bonds is 5. The molecule has 0 N–H and O–H groups in total. The quantitative estimate of drug-likeness (QED) is 0.808. The Morgan fingerprint density at radius 3 is 2.67 bits per heavy atom. The normalized spacial score (nSPS) is 10.6. The topological polar surface area (TPSA) is 27.1 Å². The number of methoxy groups -OCH3 is 1. The van der Waals surface area contributed by atoms with Crippen LogP contribution in [0.5, 0.6) is 5.75 Å². The lowest BCUT2D eigenvalue weighted by Crippen LogP contribution is -2.06. The lowest BCUT2D eigenvalue weighted by atomic mass is 10.2. The summed E-state index contributed by atoms with van der Waals surface area (Å²) in [5, 5.41) is 4.63. The van der Waals surface area contributed by atoms with Crippen molar-refractivity contribution in [3.8, 4) is 5.75 Å². The van der Waals surface area contributed by atoms with Gasteiger partial charge in [-0.2, -0.15) is 5.10 Å². The minimum atomic E-state index is 0.806. The van der Waals surface area contributed by atoms with Crippen LogP contribution in [0.3, 0.4) is 0 Å². The first kappa shape index (κ1) is 12.7. The van der Waals surface area contributed by atoms with Gasteiger partial charge in [0, 0.05) is 5.69 Å².